The fraction of sp³-hybridized carbons (Fsp3) is 0.381. The molecule has 0 bridgehead atoms. The van der Waals surface area contributed by atoms with Crippen molar-refractivity contribution in [1.29, 1.82) is 0 Å². The van der Waals surface area contributed by atoms with E-state index >= 15 is 0 Å². The van der Waals surface area contributed by atoms with Gasteiger partial charge in [0.05, 0.1) is 6.20 Å². The Kier molecular flexibility index (Phi) is 5.60. The van der Waals surface area contributed by atoms with Gasteiger partial charge in [0.15, 0.2) is 5.82 Å². The maximum atomic E-state index is 11.9. The maximum Gasteiger partial charge on any atom is 0.317 e. The van der Waals surface area contributed by atoms with E-state index in [0.29, 0.717) is 22.8 Å². The first-order valence-electron chi connectivity index (χ1n) is 10.0. The van der Waals surface area contributed by atoms with Gasteiger partial charge in [-0.25, -0.2) is 24.7 Å². The molecule has 0 atom stereocenters. The number of nitrogens with one attached hydrogen (secondary N) is 2. The Hall–Kier alpha value is -3.49. The summed E-state index contributed by atoms with van der Waals surface area (Å²) in [5.41, 5.74) is 3.49. The first-order chi connectivity index (χ1) is 14.5. The summed E-state index contributed by atoms with van der Waals surface area (Å²) in [6.07, 6.45) is 4.95. The van der Waals surface area contributed by atoms with Crippen molar-refractivity contribution in [2.75, 3.05) is 37.4 Å². The van der Waals surface area contributed by atoms with E-state index in [1.165, 1.54) is 6.33 Å². The van der Waals surface area contributed by atoms with Gasteiger partial charge >= 0.3 is 6.03 Å². The van der Waals surface area contributed by atoms with E-state index in [2.05, 4.69) is 36.6 Å². The molecule has 4 rings (SSSR count). The Labute approximate surface area is 175 Å². The number of urea groups is 1. The minimum Gasteiger partial charge on any atom is -0.341 e. The van der Waals surface area contributed by atoms with Gasteiger partial charge < -0.3 is 20.4 Å². The predicted octanol–water partition coefficient (Wildman–Crippen LogP) is 2.71. The van der Waals surface area contributed by atoms with E-state index in [9.17, 15) is 4.79 Å². The van der Waals surface area contributed by atoms with Crippen molar-refractivity contribution in [3.63, 3.8) is 0 Å². The van der Waals surface area contributed by atoms with Crippen LogP contribution in [0, 0.1) is 6.92 Å². The van der Waals surface area contributed by atoms with E-state index in [0.717, 1.165) is 37.2 Å². The van der Waals surface area contributed by atoms with Crippen molar-refractivity contribution < 1.29 is 4.79 Å². The van der Waals surface area contributed by atoms with Crippen LogP contribution in [0.25, 0.3) is 11.0 Å². The van der Waals surface area contributed by atoms with Gasteiger partial charge in [-0.1, -0.05) is 12.1 Å². The van der Waals surface area contributed by atoms with Crippen LogP contribution in [-0.2, 0) is 0 Å². The SMILES string of the molecule is Cc1cccc(Nc2ncnc3cnc(N4CCC(NC(=O)N(C)C)CC4)nc23)c1. The normalized spacial score (nSPS) is 14.6. The highest BCUT2D eigenvalue weighted by Crippen LogP contribution is 2.24. The molecule has 0 spiro atoms. The average Bonchev–Trinajstić information content (AvgIpc) is 2.74. The minimum atomic E-state index is -0.0561. The van der Waals surface area contributed by atoms with Crippen LogP contribution in [0.15, 0.2) is 36.8 Å². The molecule has 1 aromatic carbocycles. The molecular formula is C21H26N8O. The molecule has 0 radical (unpaired) electrons. The Balaban J connectivity index is 1.51. The van der Waals surface area contributed by atoms with E-state index in [4.69, 9.17) is 4.98 Å². The second-order valence-electron chi connectivity index (χ2n) is 7.73. The summed E-state index contributed by atoms with van der Waals surface area (Å²) < 4.78 is 0. The van der Waals surface area contributed by atoms with Crippen LogP contribution in [0.1, 0.15) is 18.4 Å². The van der Waals surface area contributed by atoms with E-state index in [1.54, 1.807) is 25.2 Å². The summed E-state index contributed by atoms with van der Waals surface area (Å²) in [7, 11) is 3.50. The number of aryl methyl sites for hydroxylation is 1. The lowest BCUT2D eigenvalue weighted by Gasteiger charge is -2.32. The number of amides is 2. The summed E-state index contributed by atoms with van der Waals surface area (Å²) in [6, 6.07) is 8.21. The topological polar surface area (TPSA) is 99.2 Å². The molecule has 2 amide bonds. The molecule has 9 heteroatoms. The second-order valence-corrected chi connectivity index (χ2v) is 7.73. The summed E-state index contributed by atoms with van der Waals surface area (Å²) in [5, 5.41) is 6.40. The Morgan fingerprint density at radius 3 is 2.70 bits per heavy atom. The fourth-order valence-corrected chi connectivity index (χ4v) is 3.48. The lowest BCUT2D eigenvalue weighted by Crippen LogP contribution is -2.47. The van der Waals surface area contributed by atoms with Gasteiger partial charge in [-0.2, -0.15) is 0 Å². The molecule has 1 aliphatic heterocycles. The van der Waals surface area contributed by atoms with Gasteiger partial charge in [0.2, 0.25) is 5.95 Å². The molecule has 0 unspecified atom stereocenters. The van der Waals surface area contributed by atoms with Crippen LogP contribution >= 0.6 is 0 Å². The zero-order valence-electron chi connectivity index (χ0n) is 17.5. The van der Waals surface area contributed by atoms with Gasteiger partial charge in [-0.15, -0.1) is 0 Å². The number of aromatic nitrogens is 4. The Morgan fingerprint density at radius 1 is 1.17 bits per heavy atom. The van der Waals surface area contributed by atoms with E-state index < -0.39 is 0 Å². The van der Waals surface area contributed by atoms with Gasteiger partial charge in [-0.3, -0.25) is 0 Å². The number of rotatable bonds is 4. The number of piperidine rings is 1. The third-order valence-electron chi connectivity index (χ3n) is 5.16. The van der Waals surface area contributed by atoms with Crippen LogP contribution in [0.4, 0.5) is 22.2 Å². The zero-order valence-corrected chi connectivity index (χ0v) is 17.5. The molecule has 1 aliphatic rings. The molecule has 0 aliphatic carbocycles. The highest BCUT2D eigenvalue weighted by molar-refractivity contribution is 5.87. The molecule has 3 aromatic rings. The van der Waals surface area contributed by atoms with Crippen LogP contribution in [0.2, 0.25) is 0 Å². The molecule has 1 saturated heterocycles. The monoisotopic (exact) mass is 406 g/mol. The molecule has 3 heterocycles. The first kappa shape index (κ1) is 19.8. The highest BCUT2D eigenvalue weighted by Gasteiger charge is 2.23. The summed E-state index contributed by atoms with van der Waals surface area (Å²) in [5.74, 6) is 1.31. The highest BCUT2D eigenvalue weighted by atomic mass is 16.2. The molecule has 1 fully saturated rings. The van der Waals surface area contributed by atoms with Crippen LogP contribution < -0.4 is 15.5 Å². The smallest absolute Gasteiger partial charge is 0.317 e. The number of hydrogen-bond donors (Lipinski definition) is 2. The molecule has 9 nitrogen and oxygen atoms in total. The van der Waals surface area contributed by atoms with Crippen molar-refractivity contribution in [2.45, 2.75) is 25.8 Å². The molecule has 0 saturated carbocycles. The molecule has 2 N–H and O–H groups in total. The Morgan fingerprint density at radius 2 is 1.97 bits per heavy atom. The number of carbonyl (C=O) groups is 1. The third kappa shape index (κ3) is 4.40. The van der Waals surface area contributed by atoms with E-state index in [-0.39, 0.29) is 12.1 Å². The quantitative estimate of drug-likeness (QED) is 0.687. The zero-order chi connectivity index (χ0) is 21.1. The number of carbonyl (C=O) groups excluding carboxylic acids is 1. The summed E-state index contributed by atoms with van der Waals surface area (Å²) in [6.45, 7) is 3.60. The van der Waals surface area contributed by atoms with E-state index in [1.807, 2.05) is 25.1 Å². The van der Waals surface area contributed by atoms with Crippen molar-refractivity contribution in [1.82, 2.24) is 30.2 Å². The van der Waals surface area contributed by atoms with Crippen molar-refractivity contribution in [3.8, 4) is 0 Å². The largest absolute Gasteiger partial charge is 0.341 e. The molecule has 156 valence electrons. The van der Waals surface area contributed by atoms with Crippen LogP contribution in [-0.4, -0.2) is 64.1 Å². The minimum absolute atomic E-state index is 0.0561. The maximum absolute atomic E-state index is 11.9. The average molecular weight is 406 g/mol. The summed E-state index contributed by atoms with van der Waals surface area (Å²) in [4.78, 5) is 33.5. The fourth-order valence-electron chi connectivity index (χ4n) is 3.48. The van der Waals surface area contributed by atoms with Gasteiger partial charge in [-0.05, 0) is 37.5 Å². The molecule has 2 aromatic heterocycles. The lowest BCUT2D eigenvalue weighted by atomic mass is 10.1. The number of anilines is 3. The second kappa shape index (κ2) is 8.48. The first-order valence-corrected chi connectivity index (χ1v) is 10.0. The van der Waals surface area contributed by atoms with Crippen LogP contribution in [0.3, 0.4) is 0 Å². The van der Waals surface area contributed by atoms with Gasteiger partial charge in [0, 0.05) is 38.9 Å². The number of benzene rings is 1. The van der Waals surface area contributed by atoms with Gasteiger partial charge in [0.25, 0.3) is 0 Å². The lowest BCUT2D eigenvalue weighted by molar-refractivity contribution is 0.210. The van der Waals surface area contributed by atoms with Crippen LogP contribution in [0.5, 0.6) is 0 Å². The van der Waals surface area contributed by atoms with Crippen molar-refractivity contribution in [2.24, 2.45) is 0 Å². The predicted molar refractivity (Wildman–Crippen MR) is 117 cm³/mol. The molecule has 30 heavy (non-hydrogen) atoms. The molecular weight excluding hydrogens is 380 g/mol. The number of nitrogens with zero attached hydrogens (tertiary/aromatic N) is 6. The van der Waals surface area contributed by atoms with Crippen molar-refractivity contribution >= 4 is 34.5 Å². The van der Waals surface area contributed by atoms with Gasteiger partial charge in [0.1, 0.15) is 17.4 Å². The third-order valence-corrected chi connectivity index (χ3v) is 5.16. The number of fused-ring (bicyclic) bond motifs is 1. The number of hydrogen-bond acceptors (Lipinski definition) is 7. The Bertz CT molecular complexity index is 1050. The standard InChI is InChI=1S/C21H26N8O/c1-14-5-4-6-16(11-14)25-19-18-17(23-13-24-19)12-22-20(27-18)29-9-7-15(8-10-29)26-21(30)28(2)3/h4-6,11-13,15H,7-10H2,1-3H3,(H,26,30)(H,23,24,25). The summed E-state index contributed by atoms with van der Waals surface area (Å²) >= 11 is 0. The van der Waals surface area contributed by atoms with Crippen molar-refractivity contribution in [3.05, 3.63) is 42.4 Å².